The fourth-order valence-corrected chi connectivity index (χ4v) is 10.4. The lowest BCUT2D eigenvalue weighted by Crippen LogP contribution is -2.59. The number of Topliss-reactive ketones (excluding diaryl/α,β-unsaturated/α-hetero) is 1. The Morgan fingerprint density at radius 2 is 1.58 bits per heavy atom. The van der Waals surface area contributed by atoms with Gasteiger partial charge in [-0.1, -0.05) is 32.1 Å². The Labute approximate surface area is 311 Å². The summed E-state index contributed by atoms with van der Waals surface area (Å²) in [5.41, 5.74) is 0.763. The molecule has 1 saturated carbocycles. The van der Waals surface area contributed by atoms with E-state index in [1.54, 1.807) is 21.3 Å². The van der Waals surface area contributed by atoms with E-state index in [4.69, 9.17) is 37.9 Å². The maximum absolute atomic E-state index is 14.7. The third kappa shape index (κ3) is 8.27. The van der Waals surface area contributed by atoms with Crippen molar-refractivity contribution in [1.82, 2.24) is 4.90 Å². The van der Waals surface area contributed by atoms with Gasteiger partial charge in [-0.15, -0.1) is 0 Å². The molecule has 0 N–H and O–H groups in total. The number of cyclic esters (lactones) is 1. The lowest BCUT2D eigenvalue weighted by atomic mass is 9.70. The van der Waals surface area contributed by atoms with Crippen molar-refractivity contribution in [3.63, 3.8) is 0 Å². The van der Waals surface area contributed by atoms with Gasteiger partial charge in [-0.05, 0) is 109 Å². The number of likely N-dealkylation sites (N-methyl/N-ethyl adjacent to an activating group) is 1. The van der Waals surface area contributed by atoms with E-state index in [9.17, 15) is 9.59 Å². The number of allylic oxidation sites excluding steroid dienone is 4. The van der Waals surface area contributed by atoms with Crippen LogP contribution in [0.25, 0.3) is 0 Å². The summed E-state index contributed by atoms with van der Waals surface area (Å²) in [5, 5.41) is 0. The number of fused-ring (bicyclic) bond motifs is 5. The third-order valence-electron chi connectivity index (χ3n) is 13.3. The van der Waals surface area contributed by atoms with Crippen molar-refractivity contribution >= 4 is 11.8 Å². The molecule has 52 heavy (non-hydrogen) atoms. The quantitative estimate of drug-likeness (QED) is 0.222. The number of carbonyl (C=O) groups excluding carboxylic acids is 2. The molecule has 3 heterocycles. The van der Waals surface area contributed by atoms with Gasteiger partial charge in [-0.3, -0.25) is 9.59 Å². The summed E-state index contributed by atoms with van der Waals surface area (Å²) in [6.07, 6.45) is 10.8. The van der Waals surface area contributed by atoms with E-state index < -0.39 is 12.4 Å². The first-order chi connectivity index (χ1) is 25.0. The first-order valence-corrected chi connectivity index (χ1v) is 20.0. The zero-order valence-electron chi connectivity index (χ0n) is 32.9. The van der Waals surface area contributed by atoms with Crippen molar-refractivity contribution < 1.29 is 47.5 Å². The highest BCUT2D eigenvalue weighted by atomic mass is 16.7. The molecule has 3 aliphatic heterocycles. The Kier molecular flexibility index (Phi) is 13.4. The number of hydrogen-bond acceptors (Lipinski definition) is 11. The molecule has 0 bridgehead atoms. The van der Waals surface area contributed by atoms with Crippen LogP contribution in [0, 0.1) is 35.5 Å². The fourth-order valence-electron chi connectivity index (χ4n) is 10.4. The summed E-state index contributed by atoms with van der Waals surface area (Å²) in [7, 11) is 9.15. The van der Waals surface area contributed by atoms with E-state index in [2.05, 4.69) is 51.1 Å². The van der Waals surface area contributed by atoms with Crippen LogP contribution in [-0.2, 0) is 47.5 Å². The van der Waals surface area contributed by atoms with E-state index in [0.717, 1.165) is 50.5 Å². The monoisotopic (exact) mass is 731 g/mol. The molecule has 6 aliphatic rings. The predicted octanol–water partition coefficient (Wildman–Crippen LogP) is 5.49. The minimum atomic E-state index is -0.594. The van der Waals surface area contributed by atoms with Gasteiger partial charge in [0.25, 0.3) is 0 Å². The molecule has 11 nitrogen and oxygen atoms in total. The molecule has 4 fully saturated rings. The first kappa shape index (κ1) is 40.0. The van der Waals surface area contributed by atoms with E-state index in [1.165, 1.54) is 0 Å². The molecule has 6 rings (SSSR count). The van der Waals surface area contributed by atoms with Crippen molar-refractivity contribution in [2.45, 2.75) is 153 Å². The molecular weight excluding hydrogens is 666 g/mol. The van der Waals surface area contributed by atoms with Crippen LogP contribution in [0.2, 0.25) is 0 Å². The summed E-state index contributed by atoms with van der Waals surface area (Å²) >= 11 is 0. The number of methoxy groups -OCH3 is 3. The van der Waals surface area contributed by atoms with Crippen LogP contribution < -0.4 is 0 Å². The molecule has 3 saturated heterocycles. The Balaban J connectivity index is 1.20. The van der Waals surface area contributed by atoms with E-state index in [1.807, 2.05) is 13.8 Å². The molecule has 0 aromatic heterocycles. The number of rotatable bonds is 9. The van der Waals surface area contributed by atoms with Crippen molar-refractivity contribution in [2.75, 3.05) is 35.4 Å². The largest absolute Gasteiger partial charge is 0.462 e. The predicted molar refractivity (Wildman–Crippen MR) is 194 cm³/mol. The molecule has 0 aromatic rings. The Bertz CT molecular complexity index is 1290. The maximum Gasteiger partial charge on any atom is 0.306 e. The average Bonchev–Trinajstić information content (AvgIpc) is 3.70. The molecule has 0 radical (unpaired) electrons. The number of hydrogen-bond donors (Lipinski definition) is 0. The molecule has 294 valence electrons. The number of nitrogens with zero attached hydrogens (tertiary/aromatic N) is 1. The van der Waals surface area contributed by atoms with Crippen LogP contribution in [0.1, 0.15) is 85.5 Å². The van der Waals surface area contributed by atoms with Gasteiger partial charge in [-0.25, -0.2) is 0 Å². The molecule has 17 atom stereocenters. The van der Waals surface area contributed by atoms with Gasteiger partial charge in [0.1, 0.15) is 24.4 Å². The minimum Gasteiger partial charge on any atom is -0.462 e. The lowest BCUT2D eigenvalue weighted by molar-refractivity contribution is -0.314. The lowest BCUT2D eigenvalue weighted by Gasteiger charge is -2.44. The molecular formula is C41H65NO10. The van der Waals surface area contributed by atoms with Crippen LogP contribution in [-0.4, -0.2) is 120 Å². The van der Waals surface area contributed by atoms with Gasteiger partial charge in [0.15, 0.2) is 18.4 Å². The van der Waals surface area contributed by atoms with Gasteiger partial charge in [0, 0.05) is 39.2 Å². The van der Waals surface area contributed by atoms with Gasteiger partial charge in [0.2, 0.25) is 0 Å². The summed E-state index contributed by atoms with van der Waals surface area (Å²) in [6.45, 7) is 8.17. The molecule has 11 heteroatoms. The molecule has 0 aromatic carbocycles. The van der Waals surface area contributed by atoms with Crippen LogP contribution in [0.4, 0.5) is 0 Å². The van der Waals surface area contributed by atoms with Gasteiger partial charge < -0.3 is 42.8 Å². The third-order valence-corrected chi connectivity index (χ3v) is 13.3. The molecule has 0 unspecified atom stereocenters. The van der Waals surface area contributed by atoms with Crippen LogP contribution in [0.15, 0.2) is 23.8 Å². The summed E-state index contributed by atoms with van der Waals surface area (Å²) in [5.74, 6) is 0.0198. The summed E-state index contributed by atoms with van der Waals surface area (Å²) < 4.78 is 49.5. The van der Waals surface area contributed by atoms with Crippen molar-refractivity contribution in [1.29, 1.82) is 0 Å². The molecule has 0 spiro atoms. The van der Waals surface area contributed by atoms with Crippen LogP contribution >= 0.6 is 0 Å². The zero-order chi connectivity index (χ0) is 37.3. The number of ether oxygens (including phenoxy) is 8. The molecule has 0 amide bonds. The smallest absolute Gasteiger partial charge is 0.306 e. The van der Waals surface area contributed by atoms with Crippen molar-refractivity contribution in [2.24, 2.45) is 35.5 Å². The molecule has 3 aliphatic carbocycles. The van der Waals surface area contributed by atoms with Crippen molar-refractivity contribution in [3.05, 3.63) is 23.8 Å². The highest BCUT2D eigenvalue weighted by Gasteiger charge is 2.52. The van der Waals surface area contributed by atoms with Gasteiger partial charge in [0.05, 0.1) is 30.8 Å². The Morgan fingerprint density at radius 3 is 2.25 bits per heavy atom. The van der Waals surface area contributed by atoms with Gasteiger partial charge in [-0.2, -0.15) is 0 Å². The standard InChI is InChI=1S/C41H65NO10/c1-10-26-12-11-13-34(52-36-17-16-33(42(5)6)23(3)48-36)22(2)37(44)32-20-30-28(31(32)21-35(43)50-26)15-14-25-18-27(19-29(25)30)51-41-40(47-9)39(46-8)38(45-7)24(4)49-41/h14-15,20,22-31,33-34,36,38-41H,10-13,16-19,21H2,1-9H3/t22-,23+,24-,25-,26-,27-,28-,29-,30-,31+,33+,34+,36-,38+,39-,40+,41+/m1/s1. The second kappa shape index (κ2) is 17.4. The first-order valence-electron chi connectivity index (χ1n) is 20.0. The average molecular weight is 732 g/mol. The van der Waals surface area contributed by atoms with Crippen LogP contribution in [0.3, 0.4) is 0 Å². The Morgan fingerprint density at radius 1 is 0.827 bits per heavy atom. The normalized spacial score (nSPS) is 45.7. The zero-order valence-corrected chi connectivity index (χ0v) is 32.9. The second-order valence-corrected chi connectivity index (χ2v) is 16.5. The topological polar surface area (TPSA) is 111 Å². The second-order valence-electron chi connectivity index (χ2n) is 16.5. The maximum atomic E-state index is 14.7. The number of ketones is 1. The highest BCUT2D eigenvalue weighted by molar-refractivity contribution is 5.99. The van der Waals surface area contributed by atoms with E-state index in [0.29, 0.717) is 18.4 Å². The summed E-state index contributed by atoms with van der Waals surface area (Å²) in [6, 6.07) is 0.339. The highest BCUT2D eigenvalue weighted by Crippen LogP contribution is 2.54. The van der Waals surface area contributed by atoms with Crippen molar-refractivity contribution in [3.8, 4) is 0 Å². The fraction of sp³-hybridized carbons (Fsp3) is 0.854. The Hall–Kier alpha value is -1.70. The minimum absolute atomic E-state index is 0.0380. The SMILES string of the molecule is CC[C@@H]1CCC[C@H](O[C@@H]2CC[C@H](N(C)C)[C@H](C)O2)[C@@H](C)C(=O)C2=C[C@@H]3[C@@H](C=C[C@@H]4C[C@@H](O[C@@H]5O[C@H](C)[C@H](OC)[C@@H](OC)[C@@H]5OC)C[C@@H]34)[C@@H]2CC(=O)O1. The van der Waals surface area contributed by atoms with E-state index in [-0.39, 0.29) is 96.8 Å². The number of carbonyl (C=O) groups is 2. The number of esters is 1. The van der Waals surface area contributed by atoms with E-state index >= 15 is 0 Å². The van der Waals surface area contributed by atoms with Crippen LogP contribution in [0.5, 0.6) is 0 Å². The van der Waals surface area contributed by atoms with Gasteiger partial charge >= 0.3 is 5.97 Å². The summed E-state index contributed by atoms with van der Waals surface area (Å²) in [4.78, 5) is 30.4.